The van der Waals surface area contributed by atoms with Crippen LogP contribution in [0.25, 0.3) is 0 Å². The quantitative estimate of drug-likeness (QED) is 0.364. The summed E-state index contributed by atoms with van der Waals surface area (Å²) < 4.78 is 0. The van der Waals surface area contributed by atoms with E-state index in [2.05, 4.69) is 41.0 Å². The average molecular weight is 268 g/mol. The Hall–Kier alpha value is -1.79. The summed E-state index contributed by atoms with van der Waals surface area (Å²) in [6, 6.07) is 8.16. The van der Waals surface area contributed by atoms with Gasteiger partial charge in [-0.1, -0.05) is 29.1 Å². The second-order valence-electron chi connectivity index (χ2n) is 5.67. The highest BCUT2D eigenvalue weighted by Crippen LogP contribution is 2.31. The van der Waals surface area contributed by atoms with Crippen LogP contribution in [0.2, 0.25) is 0 Å². The third kappa shape index (κ3) is 3.20. The van der Waals surface area contributed by atoms with Gasteiger partial charge in [0.1, 0.15) is 0 Å². The minimum Gasteiger partial charge on any atom is -0.383 e. The van der Waals surface area contributed by atoms with Gasteiger partial charge in [0.05, 0.1) is 0 Å². The Bertz CT molecular complexity index is 556. The summed E-state index contributed by atoms with van der Waals surface area (Å²) in [5.41, 5.74) is 2.25. The van der Waals surface area contributed by atoms with Gasteiger partial charge in [-0.05, 0) is 43.5 Å². The molecule has 0 aliphatic carbocycles. The molecule has 3 atom stereocenters. The van der Waals surface area contributed by atoms with Crippen LogP contribution in [0, 0.1) is 30.6 Å². The molecule has 104 valence electrons. The zero-order valence-electron chi connectivity index (χ0n) is 11.9. The van der Waals surface area contributed by atoms with Crippen LogP contribution in [0.5, 0.6) is 0 Å². The second kappa shape index (κ2) is 6.11. The first-order valence-corrected chi connectivity index (χ1v) is 7.24. The molecule has 1 aromatic carbocycles. The molecule has 0 amide bonds. The van der Waals surface area contributed by atoms with Crippen molar-refractivity contribution in [2.75, 3.05) is 26.2 Å². The Kier molecular flexibility index (Phi) is 4.03. The van der Waals surface area contributed by atoms with Crippen LogP contribution in [0.3, 0.4) is 0 Å². The number of fused-ring (bicyclic) bond motifs is 2. The van der Waals surface area contributed by atoms with Crippen LogP contribution in [0.1, 0.15) is 17.5 Å². The standard InChI is InChI=1S/C17H20N2O/c1-14-4-2-5-15(10-14)6-3-9-20-18-11-17-13-19-8-7-16(17)12-19/h2,4-5,10-11,16-17H,7-9,12-13H2,1H3/b18-11-/t16-,17?/m1/s1. The highest BCUT2D eigenvalue weighted by atomic mass is 16.6. The summed E-state index contributed by atoms with van der Waals surface area (Å²) >= 11 is 0. The van der Waals surface area contributed by atoms with Crippen LogP contribution in [-0.2, 0) is 4.84 Å². The highest BCUT2D eigenvalue weighted by Gasteiger charge is 2.36. The van der Waals surface area contributed by atoms with E-state index >= 15 is 0 Å². The first kappa shape index (κ1) is 13.2. The average Bonchev–Trinajstić information content (AvgIpc) is 3.05. The van der Waals surface area contributed by atoms with E-state index in [4.69, 9.17) is 4.84 Å². The lowest BCUT2D eigenvalue weighted by Gasteiger charge is -2.17. The summed E-state index contributed by atoms with van der Waals surface area (Å²) in [4.78, 5) is 7.73. The number of aryl methyl sites for hydroxylation is 1. The predicted molar refractivity (Wildman–Crippen MR) is 80.5 cm³/mol. The zero-order valence-corrected chi connectivity index (χ0v) is 11.9. The number of hydrogen-bond donors (Lipinski definition) is 0. The smallest absolute Gasteiger partial charge is 0.177 e. The van der Waals surface area contributed by atoms with E-state index < -0.39 is 0 Å². The molecule has 2 saturated heterocycles. The molecular weight excluding hydrogens is 248 g/mol. The molecule has 2 aliphatic rings. The van der Waals surface area contributed by atoms with E-state index in [1.807, 2.05) is 18.3 Å². The van der Waals surface area contributed by atoms with Gasteiger partial charge in [-0.3, -0.25) is 0 Å². The molecule has 3 nitrogen and oxygen atoms in total. The Morgan fingerprint density at radius 3 is 3.15 bits per heavy atom. The minimum atomic E-state index is 0.353. The van der Waals surface area contributed by atoms with Crippen LogP contribution in [-0.4, -0.2) is 37.4 Å². The summed E-state index contributed by atoms with van der Waals surface area (Å²) in [6.07, 6.45) is 3.28. The van der Waals surface area contributed by atoms with E-state index in [9.17, 15) is 0 Å². The fourth-order valence-corrected chi connectivity index (χ4v) is 3.05. The molecule has 20 heavy (non-hydrogen) atoms. The van der Waals surface area contributed by atoms with Gasteiger partial charge in [0, 0.05) is 30.8 Å². The molecule has 2 heterocycles. The Morgan fingerprint density at radius 1 is 1.45 bits per heavy atom. The van der Waals surface area contributed by atoms with Crippen molar-refractivity contribution in [3.05, 3.63) is 35.4 Å². The van der Waals surface area contributed by atoms with Gasteiger partial charge in [-0.25, -0.2) is 0 Å². The summed E-state index contributed by atoms with van der Waals surface area (Å²) in [7, 11) is 0. The molecule has 0 saturated carbocycles. The van der Waals surface area contributed by atoms with Gasteiger partial charge in [-0.2, -0.15) is 0 Å². The lowest BCUT2D eigenvalue weighted by Crippen LogP contribution is -2.24. The molecular formula is C17H20N2O. The van der Waals surface area contributed by atoms with Crippen molar-refractivity contribution in [3.8, 4) is 11.8 Å². The van der Waals surface area contributed by atoms with Gasteiger partial charge in [0.25, 0.3) is 0 Å². The molecule has 2 bridgehead atoms. The number of nitrogens with zero attached hydrogens (tertiary/aromatic N) is 2. The van der Waals surface area contributed by atoms with Gasteiger partial charge in [0.2, 0.25) is 0 Å². The summed E-state index contributed by atoms with van der Waals surface area (Å²) in [5, 5.41) is 4.07. The first-order chi connectivity index (χ1) is 9.81. The van der Waals surface area contributed by atoms with E-state index in [1.54, 1.807) is 0 Å². The van der Waals surface area contributed by atoms with E-state index in [1.165, 1.54) is 25.1 Å². The van der Waals surface area contributed by atoms with Gasteiger partial charge < -0.3 is 9.74 Å². The maximum absolute atomic E-state index is 5.23. The van der Waals surface area contributed by atoms with Crippen LogP contribution in [0.15, 0.2) is 29.4 Å². The van der Waals surface area contributed by atoms with Gasteiger partial charge >= 0.3 is 0 Å². The maximum Gasteiger partial charge on any atom is 0.177 e. The van der Waals surface area contributed by atoms with Crippen molar-refractivity contribution >= 4 is 6.21 Å². The van der Waals surface area contributed by atoms with Crippen molar-refractivity contribution in [1.82, 2.24) is 4.90 Å². The number of hydrogen-bond acceptors (Lipinski definition) is 3. The van der Waals surface area contributed by atoms with Crippen molar-refractivity contribution in [1.29, 1.82) is 0 Å². The third-order valence-electron chi connectivity index (χ3n) is 4.10. The van der Waals surface area contributed by atoms with Crippen LogP contribution in [0.4, 0.5) is 0 Å². The maximum atomic E-state index is 5.23. The Labute approximate surface area is 120 Å². The van der Waals surface area contributed by atoms with Crippen molar-refractivity contribution in [2.45, 2.75) is 13.3 Å². The van der Waals surface area contributed by atoms with Crippen LogP contribution >= 0.6 is 0 Å². The monoisotopic (exact) mass is 268 g/mol. The fourth-order valence-electron chi connectivity index (χ4n) is 3.05. The van der Waals surface area contributed by atoms with E-state index in [-0.39, 0.29) is 0 Å². The third-order valence-corrected chi connectivity index (χ3v) is 4.10. The number of piperidine rings is 1. The van der Waals surface area contributed by atoms with E-state index in [0.29, 0.717) is 12.5 Å². The molecule has 0 radical (unpaired) electrons. The summed E-state index contributed by atoms with van der Waals surface area (Å²) in [6.45, 7) is 6.07. The predicted octanol–water partition coefficient (Wildman–Crippen LogP) is 2.30. The molecule has 1 aromatic rings. The Morgan fingerprint density at radius 2 is 2.40 bits per heavy atom. The molecule has 2 aliphatic heterocycles. The Balaban J connectivity index is 1.42. The van der Waals surface area contributed by atoms with Gasteiger partial charge in [-0.15, -0.1) is 0 Å². The number of rotatable bonds is 3. The largest absolute Gasteiger partial charge is 0.383 e. The highest BCUT2D eigenvalue weighted by molar-refractivity contribution is 5.61. The molecule has 2 fully saturated rings. The van der Waals surface area contributed by atoms with Crippen molar-refractivity contribution in [3.63, 3.8) is 0 Å². The van der Waals surface area contributed by atoms with E-state index in [0.717, 1.165) is 18.0 Å². The molecule has 3 rings (SSSR count). The topological polar surface area (TPSA) is 24.8 Å². The van der Waals surface area contributed by atoms with Crippen molar-refractivity contribution < 1.29 is 4.84 Å². The van der Waals surface area contributed by atoms with Crippen molar-refractivity contribution in [2.24, 2.45) is 17.0 Å². The fraction of sp³-hybridized carbons (Fsp3) is 0.471. The SMILES string of the molecule is Cc1cccc(C#CCO/N=C\C2CN3CC[C@@H]2C3)c1. The number of oxime groups is 1. The lowest BCUT2D eigenvalue weighted by molar-refractivity contribution is 0.178. The normalized spacial score (nSPS) is 27.6. The molecule has 0 N–H and O–H groups in total. The summed E-state index contributed by atoms with van der Waals surface area (Å²) in [5.74, 6) is 7.45. The number of benzene rings is 1. The van der Waals surface area contributed by atoms with Crippen LogP contribution < -0.4 is 0 Å². The second-order valence-corrected chi connectivity index (χ2v) is 5.67. The minimum absolute atomic E-state index is 0.353. The van der Waals surface area contributed by atoms with Gasteiger partial charge in [0.15, 0.2) is 6.61 Å². The molecule has 2 unspecified atom stereocenters. The zero-order chi connectivity index (χ0) is 13.8. The molecule has 0 aromatic heterocycles. The lowest BCUT2D eigenvalue weighted by atomic mass is 9.94. The first-order valence-electron chi connectivity index (χ1n) is 7.24. The molecule has 0 spiro atoms. The molecule has 3 heteroatoms.